The molecule has 1 rings (SSSR count). The fraction of sp³-hybridized carbons (Fsp3) is 0.462. The van der Waals surface area contributed by atoms with E-state index in [1.807, 2.05) is 13.8 Å². The third-order valence-electron chi connectivity index (χ3n) is 2.73. The highest BCUT2D eigenvalue weighted by atomic mass is 35.5. The molecule has 0 radical (unpaired) electrons. The molecule has 0 aliphatic rings. The molecule has 3 nitrogen and oxygen atoms in total. The number of halogens is 2. The van der Waals surface area contributed by atoms with E-state index in [9.17, 15) is 4.79 Å². The van der Waals surface area contributed by atoms with Crippen LogP contribution in [0.1, 0.15) is 27.2 Å². The first kappa shape index (κ1) is 15.3. The number of hydrogen-bond acceptors (Lipinski definition) is 2. The van der Waals surface area contributed by atoms with E-state index >= 15 is 0 Å². The van der Waals surface area contributed by atoms with Crippen molar-refractivity contribution in [1.82, 2.24) is 5.32 Å². The van der Waals surface area contributed by atoms with E-state index in [2.05, 4.69) is 17.6 Å². The number of rotatable bonds is 5. The highest BCUT2D eigenvalue weighted by Crippen LogP contribution is 2.25. The Morgan fingerprint density at radius 2 is 2.00 bits per heavy atom. The van der Waals surface area contributed by atoms with Gasteiger partial charge in [-0.25, -0.2) is 0 Å². The normalized spacial score (nSPS) is 14.1. The fourth-order valence-electron chi connectivity index (χ4n) is 1.45. The molecule has 0 aliphatic carbocycles. The molecule has 0 aliphatic heterocycles. The SMILES string of the molecule is CC[C@@H](C)N[C@H](C)C(=O)Nc1cc(Cl)ccc1Cl. The first-order valence-corrected chi connectivity index (χ1v) is 6.71. The van der Waals surface area contributed by atoms with Crippen molar-refractivity contribution in [3.63, 3.8) is 0 Å². The van der Waals surface area contributed by atoms with Crippen LogP contribution in [-0.2, 0) is 4.79 Å². The number of carbonyl (C=O) groups is 1. The smallest absolute Gasteiger partial charge is 0.241 e. The average Bonchev–Trinajstić information content (AvgIpc) is 2.33. The molecule has 1 amide bonds. The van der Waals surface area contributed by atoms with Crippen molar-refractivity contribution in [2.45, 2.75) is 39.3 Å². The molecule has 0 heterocycles. The van der Waals surface area contributed by atoms with Crippen molar-refractivity contribution < 1.29 is 4.79 Å². The van der Waals surface area contributed by atoms with Gasteiger partial charge in [-0.1, -0.05) is 30.1 Å². The van der Waals surface area contributed by atoms with Gasteiger partial charge in [0, 0.05) is 11.1 Å². The van der Waals surface area contributed by atoms with Crippen LogP contribution >= 0.6 is 23.2 Å². The summed E-state index contributed by atoms with van der Waals surface area (Å²) in [6.45, 7) is 5.92. The quantitative estimate of drug-likeness (QED) is 0.867. The Balaban J connectivity index is 2.66. The van der Waals surface area contributed by atoms with Crippen LogP contribution in [0, 0.1) is 0 Å². The Kier molecular flexibility index (Phi) is 5.93. The van der Waals surface area contributed by atoms with Crippen LogP contribution in [0.4, 0.5) is 5.69 Å². The van der Waals surface area contributed by atoms with E-state index in [1.165, 1.54) is 0 Å². The van der Waals surface area contributed by atoms with Crippen LogP contribution in [0.15, 0.2) is 18.2 Å². The molecule has 2 N–H and O–H groups in total. The van der Waals surface area contributed by atoms with Crippen LogP contribution < -0.4 is 10.6 Å². The molecule has 5 heteroatoms. The van der Waals surface area contributed by atoms with Crippen molar-refractivity contribution in [1.29, 1.82) is 0 Å². The lowest BCUT2D eigenvalue weighted by Gasteiger charge is -2.18. The van der Waals surface area contributed by atoms with Gasteiger partial charge in [-0.3, -0.25) is 4.79 Å². The van der Waals surface area contributed by atoms with Gasteiger partial charge in [0.15, 0.2) is 0 Å². The molecule has 0 spiro atoms. The largest absolute Gasteiger partial charge is 0.323 e. The molecular formula is C13H18Cl2N2O. The second-order valence-corrected chi connectivity index (χ2v) is 5.15. The van der Waals surface area contributed by atoms with E-state index in [-0.39, 0.29) is 11.9 Å². The fourth-order valence-corrected chi connectivity index (χ4v) is 1.79. The summed E-state index contributed by atoms with van der Waals surface area (Å²) in [5.74, 6) is -0.125. The zero-order valence-corrected chi connectivity index (χ0v) is 12.3. The molecule has 18 heavy (non-hydrogen) atoms. The summed E-state index contributed by atoms with van der Waals surface area (Å²) in [4.78, 5) is 12.0. The van der Waals surface area contributed by atoms with Gasteiger partial charge in [-0.05, 0) is 38.5 Å². The van der Waals surface area contributed by atoms with Gasteiger partial charge in [0.1, 0.15) is 0 Å². The zero-order valence-electron chi connectivity index (χ0n) is 10.8. The number of hydrogen-bond donors (Lipinski definition) is 2. The summed E-state index contributed by atoms with van der Waals surface area (Å²) >= 11 is 11.8. The predicted molar refractivity (Wildman–Crippen MR) is 77.4 cm³/mol. The van der Waals surface area contributed by atoms with Crippen LogP contribution in [-0.4, -0.2) is 18.0 Å². The maximum Gasteiger partial charge on any atom is 0.241 e. The van der Waals surface area contributed by atoms with E-state index in [1.54, 1.807) is 18.2 Å². The van der Waals surface area contributed by atoms with Gasteiger partial charge in [0.2, 0.25) is 5.91 Å². The number of benzene rings is 1. The molecule has 1 aromatic rings. The lowest BCUT2D eigenvalue weighted by molar-refractivity contribution is -0.117. The molecule has 100 valence electrons. The predicted octanol–water partition coefficient (Wildman–Crippen LogP) is 3.71. The molecular weight excluding hydrogens is 271 g/mol. The van der Waals surface area contributed by atoms with Gasteiger partial charge in [0.05, 0.1) is 16.8 Å². The van der Waals surface area contributed by atoms with E-state index in [0.717, 1.165) is 6.42 Å². The summed E-state index contributed by atoms with van der Waals surface area (Å²) < 4.78 is 0. The van der Waals surface area contributed by atoms with Gasteiger partial charge < -0.3 is 10.6 Å². The summed E-state index contributed by atoms with van der Waals surface area (Å²) in [5, 5.41) is 6.97. The van der Waals surface area contributed by atoms with Crippen molar-refractivity contribution in [2.75, 3.05) is 5.32 Å². The Labute approximate surface area is 118 Å². The molecule has 0 saturated carbocycles. The molecule has 0 bridgehead atoms. The standard InChI is InChI=1S/C13H18Cl2N2O/c1-4-8(2)16-9(3)13(18)17-12-7-10(14)5-6-11(12)15/h5-9,16H,4H2,1-3H3,(H,17,18)/t8-,9-/m1/s1. The Bertz CT molecular complexity index is 423. The molecule has 0 unspecified atom stereocenters. The van der Waals surface area contributed by atoms with Gasteiger partial charge in [0.25, 0.3) is 0 Å². The van der Waals surface area contributed by atoms with E-state index < -0.39 is 0 Å². The first-order chi connectivity index (χ1) is 8.43. The van der Waals surface area contributed by atoms with Crippen molar-refractivity contribution >= 4 is 34.8 Å². The van der Waals surface area contributed by atoms with Crippen LogP contribution in [0.25, 0.3) is 0 Å². The summed E-state index contributed by atoms with van der Waals surface area (Å²) in [6, 6.07) is 4.99. The van der Waals surface area contributed by atoms with Crippen LogP contribution in [0.5, 0.6) is 0 Å². The Morgan fingerprint density at radius 1 is 1.33 bits per heavy atom. The highest BCUT2D eigenvalue weighted by molar-refractivity contribution is 6.35. The van der Waals surface area contributed by atoms with E-state index in [0.29, 0.717) is 21.8 Å². The molecule has 0 aromatic heterocycles. The minimum atomic E-state index is -0.282. The lowest BCUT2D eigenvalue weighted by atomic mass is 10.2. The molecule has 0 fully saturated rings. The molecule has 1 aromatic carbocycles. The first-order valence-electron chi connectivity index (χ1n) is 5.96. The third-order valence-corrected chi connectivity index (χ3v) is 3.29. The second kappa shape index (κ2) is 6.98. The van der Waals surface area contributed by atoms with Crippen molar-refractivity contribution in [2.24, 2.45) is 0 Å². The van der Waals surface area contributed by atoms with Gasteiger partial charge in [-0.15, -0.1) is 0 Å². The van der Waals surface area contributed by atoms with E-state index in [4.69, 9.17) is 23.2 Å². The number of amides is 1. The number of carbonyl (C=O) groups excluding carboxylic acids is 1. The summed E-state index contributed by atoms with van der Waals surface area (Å²) in [6.07, 6.45) is 0.968. The van der Waals surface area contributed by atoms with Crippen LogP contribution in [0.3, 0.4) is 0 Å². The number of anilines is 1. The second-order valence-electron chi connectivity index (χ2n) is 4.31. The maximum atomic E-state index is 12.0. The minimum Gasteiger partial charge on any atom is -0.323 e. The third kappa shape index (κ3) is 4.48. The monoisotopic (exact) mass is 288 g/mol. The maximum absolute atomic E-state index is 12.0. The Morgan fingerprint density at radius 3 is 2.61 bits per heavy atom. The molecule has 0 saturated heterocycles. The summed E-state index contributed by atoms with van der Waals surface area (Å²) in [7, 11) is 0. The Hall–Kier alpha value is -0.770. The van der Waals surface area contributed by atoms with Gasteiger partial charge >= 0.3 is 0 Å². The highest BCUT2D eigenvalue weighted by Gasteiger charge is 2.15. The molecule has 2 atom stereocenters. The average molecular weight is 289 g/mol. The van der Waals surface area contributed by atoms with Crippen molar-refractivity contribution in [3.8, 4) is 0 Å². The van der Waals surface area contributed by atoms with Gasteiger partial charge in [-0.2, -0.15) is 0 Å². The lowest BCUT2D eigenvalue weighted by Crippen LogP contribution is -2.42. The van der Waals surface area contributed by atoms with Crippen molar-refractivity contribution in [3.05, 3.63) is 28.2 Å². The zero-order chi connectivity index (χ0) is 13.7. The number of nitrogens with one attached hydrogen (secondary N) is 2. The topological polar surface area (TPSA) is 41.1 Å². The summed E-state index contributed by atoms with van der Waals surface area (Å²) in [5.41, 5.74) is 0.534. The van der Waals surface area contributed by atoms with Crippen LogP contribution in [0.2, 0.25) is 10.0 Å². The minimum absolute atomic E-state index is 0.125.